The molecule has 0 unspecified atom stereocenters. The van der Waals surface area contributed by atoms with Gasteiger partial charge in [0.25, 0.3) is 0 Å². The normalized spacial score (nSPS) is 30.9. The number of carbonyl (C=O) groups excluding carboxylic acids is 2. The van der Waals surface area contributed by atoms with E-state index in [0.29, 0.717) is 49.3 Å². The second-order valence-corrected chi connectivity index (χ2v) is 12.6. The van der Waals surface area contributed by atoms with Crippen LogP contribution in [0.25, 0.3) is 0 Å². The number of piperazine rings is 1. The molecule has 0 bridgehead atoms. The molecular weight excluding hydrogens is 462 g/mol. The fourth-order valence-electron chi connectivity index (χ4n) is 7.12. The Morgan fingerprint density at radius 2 is 1.81 bits per heavy atom. The van der Waals surface area contributed by atoms with E-state index >= 15 is 0 Å². The van der Waals surface area contributed by atoms with E-state index in [9.17, 15) is 9.59 Å². The number of rotatable bonds is 6. The summed E-state index contributed by atoms with van der Waals surface area (Å²) in [7, 11) is 1.95. The minimum atomic E-state index is -0.144. The Morgan fingerprint density at radius 3 is 2.35 bits per heavy atom. The van der Waals surface area contributed by atoms with Crippen molar-refractivity contribution in [2.45, 2.75) is 115 Å². The third kappa shape index (κ3) is 7.72. The molecule has 5 rings (SSSR count). The summed E-state index contributed by atoms with van der Waals surface area (Å²) in [6, 6.07) is 0.413. The molecule has 0 aromatic carbocycles. The Kier molecular flexibility index (Phi) is 10.3. The standard InChI is InChI=1S/C24H42N4O2.C6H11N/c1-18-16-27(22(29)15-20-5-3-4-6-20)13-14-28(18)23(30)19(2)26-21-7-9-24(10-8-21)11-12-25-17-24;1-7-5-6-3-2-4-6/h18-21,25-26H,3-17H2,1-2H3;5,7H,2-4H2,1H3/t18-,19-,21?,24?;/m1./s1. The topological polar surface area (TPSA) is 76.7 Å². The van der Waals surface area contributed by atoms with E-state index in [1.807, 2.05) is 23.8 Å². The molecule has 0 radical (unpaired) electrons. The largest absolute Gasteiger partial charge is 0.394 e. The van der Waals surface area contributed by atoms with Crippen molar-refractivity contribution < 1.29 is 9.59 Å². The van der Waals surface area contributed by atoms with Gasteiger partial charge in [-0.15, -0.1) is 0 Å². The molecule has 3 N–H and O–H groups in total. The van der Waals surface area contributed by atoms with E-state index in [4.69, 9.17) is 0 Å². The highest BCUT2D eigenvalue weighted by molar-refractivity contribution is 5.82. The van der Waals surface area contributed by atoms with Crippen molar-refractivity contribution in [3.05, 3.63) is 11.8 Å². The second kappa shape index (κ2) is 13.5. The first kappa shape index (κ1) is 28.4. The second-order valence-electron chi connectivity index (χ2n) is 12.6. The predicted octanol–water partition coefficient (Wildman–Crippen LogP) is 3.80. The Bertz CT molecular complexity index is 771. The lowest BCUT2D eigenvalue weighted by Gasteiger charge is -2.42. The Morgan fingerprint density at radius 1 is 1.08 bits per heavy atom. The smallest absolute Gasteiger partial charge is 0.239 e. The molecule has 7 nitrogen and oxygen atoms in total. The molecule has 0 aromatic heterocycles. The fraction of sp³-hybridized carbons (Fsp3) is 0.867. The molecule has 37 heavy (non-hydrogen) atoms. The molecule has 3 aliphatic carbocycles. The third-order valence-corrected chi connectivity index (χ3v) is 9.78. The van der Waals surface area contributed by atoms with Crippen LogP contribution in [0.1, 0.15) is 97.3 Å². The number of hydrogen-bond acceptors (Lipinski definition) is 5. The Hall–Kier alpha value is -1.60. The molecule has 210 valence electrons. The van der Waals surface area contributed by atoms with Crippen LogP contribution in [0.3, 0.4) is 0 Å². The van der Waals surface area contributed by atoms with Crippen LogP contribution in [0.2, 0.25) is 0 Å². The predicted molar refractivity (Wildman–Crippen MR) is 150 cm³/mol. The summed E-state index contributed by atoms with van der Waals surface area (Å²) in [6.45, 7) is 8.50. The quantitative estimate of drug-likeness (QED) is 0.502. The van der Waals surface area contributed by atoms with Gasteiger partial charge in [0.05, 0.1) is 6.04 Å². The molecule has 2 saturated heterocycles. The zero-order chi connectivity index (χ0) is 26.3. The lowest BCUT2D eigenvalue weighted by Crippen LogP contribution is -2.59. The molecule has 2 amide bonds. The number of amides is 2. The molecule has 2 atom stereocenters. The number of nitrogens with zero attached hydrogens (tertiary/aromatic N) is 2. The van der Waals surface area contributed by atoms with Gasteiger partial charge in [-0.3, -0.25) is 9.59 Å². The summed E-state index contributed by atoms with van der Waals surface area (Å²) in [4.78, 5) is 29.8. The van der Waals surface area contributed by atoms with E-state index < -0.39 is 0 Å². The van der Waals surface area contributed by atoms with E-state index in [2.05, 4.69) is 29.1 Å². The monoisotopic (exact) mass is 515 g/mol. The maximum absolute atomic E-state index is 13.1. The van der Waals surface area contributed by atoms with Crippen molar-refractivity contribution in [1.29, 1.82) is 0 Å². The highest BCUT2D eigenvalue weighted by Gasteiger charge is 2.39. The molecular formula is C30H53N5O2. The highest BCUT2D eigenvalue weighted by Crippen LogP contribution is 2.41. The van der Waals surface area contributed by atoms with Gasteiger partial charge in [0, 0.05) is 51.7 Å². The van der Waals surface area contributed by atoms with Crippen LogP contribution in [0, 0.1) is 11.3 Å². The van der Waals surface area contributed by atoms with Crippen LogP contribution in [0.4, 0.5) is 0 Å². The summed E-state index contributed by atoms with van der Waals surface area (Å²) < 4.78 is 0. The van der Waals surface area contributed by atoms with Crippen molar-refractivity contribution in [3.8, 4) is 0 Å². The molecule has 3 saturated carbocycles. The van der Waals surface area contributed by atoms with Gasteiger partial charge in [0.15, 0.2) is 0 Å². The summed E-state index contributed by atoms with van der Waals surface area (Å²) in [5.41, 5.74) is 2.10. The van der Waals surface area contributed by atoms with Crippen molar-refractivity contribution in [1.82, 2.24) is 25.8 Å². The van der Waals surface area contributed by atoms with Crippen LogP contribution < -0.4 is 16.0 Å². The van der Waals surface area contributed by atoms with Crippen LogP contribution in [0.5, 0.6) is 0 Å². The first-order valence-electron chi connectivity index (χ1n) is 15.3. The fourth-order valence-corrected chi connectivity index (χ4v) is 7.12. The summed E-state index contributed by atoms with van der Waals surface area (Å²) in [6.07, 6.45) is 18.0. The summed E-state index contributed by atoms with van der Waals surface area (Å²) in [5.74, 6) is 1.09. The maximum Gasteiger partial charge on any atom is 0.239 e. The van der Waals surface area contributed by atoms with Crippen LogP contribution in [-0.4, -0.2) is 79.5 Å². The van der Waals surface area contributed by atoms with Crippen LogP contribution in [-0.2, 0) is 9.59 Å². The van der Waals surface area contributed by atoms with Gasteiger partial charge in [0.1, 0.15) is 0 Å². The summed E-state index contributed by atoms with van der Waals surface area (Å²) in [5, 5.41) is 10.2. The first-order valence-corrected chi connectivity index (χ1v) is 15.3. The summed E-state index contributed by atoms with van der Waals surface area (Å²) >= 11 is 0. The molecule has 2 heterocycles. The highest BCUT2D eigenvalue weighted by atomic mass is 16.2. The van der Waals surface area contributed by atoms with Gasteiger partial charge < -0.3 is 25.8 Å². The minimum Gasteiger partial charge on any atom is -0.394 e. The van der Waals surface area contributed by atoms with E-state index in [1.54, 1.807) is 5.57 Å². The van der Waals surface area contributed by atoms with Crippen molar-refractivity contribution in [2.24, 2.45) is 11.3 Å². The molecule has 0 aromatic rings. The lowest BCUT2D eigenvalue weighted by atomic mass is 9.72. The Balaban J connectivity index is 0.000000396. The van der Waals surface area contributed by atoms with Crippen molar-refractivity contribution in [2.75, 3.05) is 39.8 Å². The number of nitrogens with one attached hydrogen (secondary N) is 3. The van der Waals surface area contributed by atoms with E-state index in [-0.39, 0.29) is 18.0 Å². The average Bonchev–Trinajstić information content (AvgIpc) is 3.55. The van der Waals surface area contributed by atoms with Gasteiger partial charge >= 0.3 is 0 Å². The van der Waals surface area contributed by atoms with Gasteiger partial charge in [-0.2, -0.15) is 0 Å². The number of hydrogen-bond donors (Lipinski definition) is 3. The number of allylic oxidation sites excluding steroid dienone is 1. The minimum absolute atomic E-state index is 0.0993. The maximum atomic E-state index is 13.1. The average molecular weight is 516 g/mol. The van der Waals surface area contributed by atoms with Gasteiger partial charge in [-0.1, -0.05) is 18.4 Å². The lowest BCUT2D eigenvalue weighted by molar-refractivity contribution is -0.144. The van der Waals surface area contributed by atoms with Crippen LogP contribution in [0.15, 0.2) is 11.8 Å². The SMILES string of the molecule is CNC=C1CCC1.C[C@@H]1CN(C(=O)CC2CCCC2)CCN1C(=O)[C@@H](C)NC1CCC2(CCNC2)CC1. The van der Waals surface area contributed by atoms with Gasteiger partial charge in [-0.25, -0.2) is 0 Å². The molecule has 7 heteroatoms. The zero-order valence-corrected chi connectivity index (χ0v) is 23.8. The molecule has 5 fully saturated rings. The molecule has 1 spiro atoms. The van der Waals surface area contributed by atoms with Gasteiger partial charge in [-0.05, 0) is 102 Å². The molecule has 2 aliphatic heterocycles. The van der Waals surface area contributed by atoms with Crippen molar-refractivity contribution >= 4 is 11.8 Å². The third-order valence-electron chi connectivity index (χ3n) is 9.78. The van der Waals surface area contributed by atoms with E-state index in [0.717, 1.165) is 0 Å². The number of carbonyl (C=O) groups is 2. The van der Waals surface area contributed by atoms with Crippen LogP contribution >= 0.6 is 0 Å². The van der Waals surface area contributed by atoms with Gasteiger partial charge in [0.2, 0.25) is 11.8 Å². The Labute approximate surface area is 225 Å². The van der Waals surface area contributed by atoms with Crippen molar-refractivity contribution in [3.63, 3.8) is 0 Å². The molecule has 5 aliphatic rings. The van der Waals surface area contributed by atoms with E-state index in [1.165, 1.54) is 90.1 Å². The first-order chi connectivity index (χ1) is 17.9. The zero-order valence-electron chi connectivity index (χ0n) is 23.8.